The molecule has 7 heteroatoms. The number of nitrogens with one attached hydrogen (secondary N) is 2. The highest BCUT2D eigenvalue weighted by Gasteiger charge is 2.17. The molecule has 144 valence electrons. The number of benzene rings is 1. The van der Waals surface area contributed by atoms with Crippen LogP contribution >= 0.6 is 24.0 Å². The molecule has 1 heterocycles. The maximum absolute atomic E-state index is 4.37. The highest BCUT2D eigenvalue weighted by molar-refractivity contribution is 14.0. The summed E-state index contributed by atoms with van der Waals surface area (Å²) in [5.41, 5.74) is 3.74. The summed E-state index contributed by atoms with van der Waals surface area (Å²) in [5, 5.41) is 11.2. The van der Waals surface area contributed by atoms with Gasteiger partial charge >= 0.3 is 0 Å². The molecule has 2 aromatic rings. The van der Waals surface area contributed by atoms with E-state index in [1.807, 2.05) is 17.9 Å². The molecule has 26 heavy (non-hydrogen) atoms. The molecule has 0 aliphatic heterocycles. The maximum atomic E-state index is 4.37. The molecule has 0 saturated heterocycles. The van der Waals surface area contributed by atoms with E-state index in [4.69, 9.17) is 0 Å². The van der Waals surface area contributed by atoms with Gasteiger partial charge in [0.15, 0.2) is 5.96 Å². The first-order chi connectivity index (χ1) is 11.9. The van der Waals surface area contributed by atoms with E-state index in [0.29, 0.717) is 0 Å². The van der Waals surface area contributed by atoms with Crippen LogP contribution in [0.15, 0.2) is 41.7 Å². The average Bonchev–Trinajstić information content (AvgIpc) is 3.00. The Kier molecular flexibility index (Phi) is 9.07. The normalized spacial score (nSPS) is 13.9. The van der Waals surface area contributed by atoms with Crippen molar-refractivity contribution in [2.24, 2.45) is 12.0 Å². The van der Waals surface area contributed by atoms with Gasteiger partial charge in [-0.15, -0.1) is 24.0 Å². The van der Waals surface area contributed by atoms with Crippen LogP contribution in [0.4, 0.5) is 0 Å². The van der Waals surface area contributed by atoms with E-state index in [1.165, 1.54) is 16.7 Å². The van der Waals surface area contributed by atoms with Crippen molar-refractivity contribution in [3.63, 3.8) is 0 Å². The number of hydrogen-bond donors (Lipinski definition) is 2. The molecule has 0 aliphatic carbocycles. The minimum absolute atomic E-state index is 0. The lowest BCUT2D eigenvalue weighted by atomic mass is 10.0. The van der Waals surface area contributed by atoms with E-state index >= 15 is 0 Å². The predicted octanol–water partition coefficient (Wildman–Crippen LogP) is 2.88. The molecule has 6 nitrogen and oxygen atoms in total. The van der Waals surface area contributed by atoms with Crippen LogP contribution in [0, 0.1) is 6.92 Å². The molecule has 1 aromatic heterocycles. The second-order valence-corrected chi connectivity index (χ2v) is 6.60. The number of likely N-dealkylation sites (N-methyl/N-ethyl adjacent to an activating group) is 1. The van der Waals surface area contributed by atoms with Gasteiger partial charge in [-0.3, -0.25) is 9.67 Å². The van der Waals surface area contributed by atoms with Crippen LogP contribution in [0.1, 0.15) is 35.7 Å². The lowest BCUT2D eigenvalue weighted by molar-refractivity contribution is 0.298. The Morgan fingerprint density at radius 2 is 2.00 bits per heavy atom. The van der Waals surface area contributed by atoms with Gasteiger partial charge in [-0.25, -0.2) is 0 Å². The highest BCUT2D eigenvalue weighted by Crippen LogP contribution is 2.18. The number of rotatable bonds is 6. The Morgan fingerprint density at radius 1 is 1.31 bits per heavy atom. The third-order valence-corrected chi connectivity index (χ3v) is 4.43. The van der Waals surface area contributed by atoms with Crippen molar-refractivity contribution in [2.45, 2.75) is 25.9 Å². The van der Waals surface area contributed by atoms with Crippen molar-refractivity contribution in [2.75, 3.05) is 27.7 Å². The van der Waals surface area contributed by atoms with E-state index in [-0.39, 0.29) is 36.1 Å². The zero-order chi connectivity index (χ0) is 18.4. The summed E-state index contributed by atoms with van der Waals surface area (Å²) >= 11 is 0. The molecule has 0 bridgehead atoms. The Bertz CT molecular complexity index is 710. The molecule has 2 unspecified atom stereocenters. The van der Waals surface area contributed by atoms with Crippen LogP contribution < -0.4 is 10.6 Å². The molecule has 0 spiro atoms. The van der Waals surface area contributed by atoms with Crippen LogP contribution in [0.3, 0.4) is 0 Å². The first-order valence-corrected chi connectivity index (χ1v) is 8.60. The third kappa shape index (κ3) is 5.98. The Hall–Kier alpha value is -1.61. The Balaban J connectivity index is 0.00000338. The lowest BCUT2D eigenvalue weighted by Crippen LogP contribution is -2.42. The average molecular weight is 470 g/mol. The summed E-state index contributed by atoms with van der Waals surface area (Å²) in [7, 11) is 7.89. The van der Waals surface area contributed by atoms with Gasteiger partial charge in [0.1, 0.15) is 0 Å². The number of hydrogen-bond acceptors (Lipinski definition) is 3. The number of aryl methyl sites for hydroxylation is 2. The fourth-order valence-electron chi connectivity index (χ4n) is 2.95. The standard InChI is InChI=1S/C19H30N6.HI/c1-14-9-7-8-10-17(14)15(2)23-19(20-3)21-12-18(24(4)5)16-11-22-25(6)13-16;/h7-11,13,15,18H,12H2,1-6H3,(H2,20,21,23);1H. The van der Waals surface area contributed by atoms with E-state index < -0.39 is 0 Å². The SMILES string of the molecule is CN=C(NCC(c1cnn(C)c1)N(C)C)NC(C)c1ccccc1C.I. The summed E-state index contributed by atoms with van der Waals surface area (Å²) < 4.78 is 1.83. The van der Waals surface area contributed by atoms with Gasteiger partial charge in [0.05, 0.1) is 18.3 Å². The maximum Gasteiger partial charge on any atom is 0.191 e. The number of aromatic nitrogens is 2. The summed E-state index contributed by atoms with van der Waals surface area (Å²) in [5.74, 6) is 0.798. The Labute approximate surface area is 174 Å². The summed E-state index contributed by atoms with van der Waals surface area (Å²) in [6, 6.07) is 8.83. The van der Waals surface area contributed by atoms with Crippen LogP contribution in [0.5, 0.6) is 0 Å². The largest absolute Gasteiger partial charge is 0.354 e. The smallest absolute Gasteiger partial charge is 0.191 e. The molecule has 2 rings (SSSR count). The first-order valence-electron chi connectivity index (χ1n) is 8.60. The van der Waals surface area contributed by atoms with Crippen LogP contribution in [0.25, 0.3) is 0 Å². The zero-order valence-electron chi connectivity index (χ0n) is 16.5. The van der Waals surface area contributed by atoms with Crippen molar-refractivity contribution in [1.29, 1.82) is 0 Å². The topological polar surface area (TPSA) is 57.5 Å². The molecule has 0 fully saturated rings. The van der Waals surface area contributed by atoms with Gasteiger partial charge in [-0.05, 0) is 39.1 Å². The number of halogens is 1. The number of guanidine groups is 1. The van der Waals surface area contributed by atoms with Gasteiger partial charge in [0.25, 0.3) is 0 Å². The molecule has 0 saturated carbocycles. The molecule has 2 atom stereocenters. The Morgan fingerprint density at radius 3 is 2.54 bits per heavy atom. The fraction of sp³-hybridized carbons (Fsp3) is 0.474. The molecule has 0 radical (unpaired) electrons. The van der Waals surface area contributed by atoms with Crippen LogP contribution in [0.2, 0.25) is 0 Å². The van der Waals surface area contributed by atoms with Crippen molar-refractivity contribution >= 4 is 29.9 Å². The molecule has 0 aliphatic rings. The minimum Gasteiger partial charge on any atom is -0.354 e. The van der Waals surface area contributed by atoms with E-state index in [2.05, 4.69) is 84.0 Å². The summed E-state index contributed by atoms with van der Waals surface area (Å²) in [4.78, 5) is 6.55. The van der Waals surface area contributed by atoms with Gasteiger partial charge < -0.3 is 15.5 Å². The molecule has 0 amide bonds. The second kappa shape index (κ2) is 10.5. The number of aliphatic imine (C=N–C) groups is 1. The molecule has 1 aromatic carbocycles. The molecular formula is C19H31IN6. The van der Waals surface area contributed by atoms with Crippen LogP contribution in [-0.2, 0) is 7.05 Å². The van der Waals surface area contributed by atoms with Gasteiger partial charge in [0, 0.05) is 32.4 Å². The van der Waals surface area contributed by atoms with E-state index in [0.717, 1.165) is 12.5 Å². The fourth-order valence-corrected chi connectivity index (χ4v) is 2.95. The highest BCUT2D eigenvalue weighted by atomic mass is 127. The predicted molar refractivity (Wildman–Crippen MR) is 119 cm³/mol. The zero-order valence-corrected chi connectivity index (χ0v) is 18.9. The first kappa shape index (κ1) is 22.4. The van der Waals surface area contributed by atoms with Crippen molar-refractivity contribution in [1.82, 2.24) is 25.3 Å². The third-order valence-electron chi connectivity index (χ3n) is 4.43. The quantitative estimate of drug-likeness (QED) is 0.388. The van der Waals surface area contributed by atoms with Crippen molar-refractivity contribution in [3.8, 4) is 0 Å². The van der Waals surface area contributed by atoms with E-state index in [1.54, 1.807) is 7.05 Å². The van der Waals surface area contributed by atoms with Crippen molar-refractivity contribution in [3.05, 3.63) is 53.3 Å². The van der Waals surface area contributed by atoms with Crippen LogP contribution in [-0.4, -0.2) is 48.3 Å². The van der Waals surface area contributed by atoms with Crippen molar-refractivity contribution < 1.29 is 0 Å². The van der Waals surface area contributed by atoms with Gasteiger partial charge in [-0.2, -0.15) is 5.10 Å². The second-order valence-electron chi connectivity index (χ2n) is 6.60. The lowest BCUT2D eigenvalue weighted by Gasteiger charge is -2.26. The van der Waals surface area contributed by atoms with Gasteiger partial charge in [-0.1, -0.05) is 24.3 Å². The summed E-state index contributed by atoms with van der Waals surface area (Å²) in [6.45, 7) is 5.03. The molecular weight excluding hydrogens is 439 g/mol. The minimum atomic E-state index is 0. The number of nitrogens with zero attached hydrogens (tertiary/aromatic N) is 4. The summed E-state index contributed by atoms with van der Waals surface area (Å²) in [6.07, 6.45) is 3.97. The molecule has 2 N–H and O–H groups in total. The van der Waals surface area contributed by atoms with E-state index in [9.17, 15) is 0 Å². The van der Waals surface area contributed by atoms with Gasteiger partial charge in [0.2, 0.25) is 0 Å². The monoisotopic (exact) mass is 470 g/mol.